The first-order valence-corrected chi connectivity index (χ1v) is 9.20. The van der Waals surface area contributed by atoms with Crippen molar-refractivity contribution in [3.05, 3.63) is 24.3 Å². The Labute approximate surface area is 148 Å². The van der Waals surface area contributed by atoms with Crippen LogP contribution >= 0.6 is 0 Å². The predicted molar refractivity (Wildman–Crippen MR) is 96.8 cm³/mol. The molecule has 0 aromatic heterocycles. The van der Waals surface area contributed by atoms with Crippen molar-refractivity contribution in [3.63, 3.8) is 0 Å². The molecule has 2 aliphatic rings. The molecular weight excluding hydrogens is 318 g/mol. The molecule has 1 aromatic carbocycles. The van der Waals surface area contributed by atoms with Crippen LogP contribution in [0.5, 0.6) is 5.75 Å². The number of para-hydroxylation sites is 2. The van der Waals surface area contributed by atoms with Crippen molar-refractivity contribution in [2.45, 2.75) is 57.0 Å². The highest BCUT2D eigenvalue weighted by atomic mass is 16.5. The summed E-state index contributed by atoms with van der Waals surface area (Å²) >= 11 is 0. The first kappa shape index (κ1) is 17.6. The standard InChI is InChI=1S/C19H27N3O3/c1-25-17-12-6-5-10-15(17)21-19(24)22-13-7-11-16(22)18(23)20-14-8-3-2-4-9-14/h5-6,10,12,14,16H,2-4,7-9,11,13H2,1H3,(H,20,23)(H,21,24)/t16-/m0/s1. The van der Waals surface area contributed by atoms with Crippen LogP contribution in [-0.4, -0.2) is 42.6 Å². The number of ether oxygens (including phenoxy) is 1. The zero-order valence-corrected chi connectivity index (χ0v) is 14.8. The van der Waals surface area contributed by atoms with Crippen molar-refractivity contribution in [1.29, 1.82) is 0 Å². The van der Waals surface area contributed by atoms with Crippen molar-refractivity contribution in [3.8, 4) is 5.75 Å². The van der Waals surface area contributed by atoms with E-state index in [0.717, 1.165) is 25.7 Å². The fourth-order valence-electron chi connectivity index (χ4n) is 3.76. The number of methoxy groups -OCH3 is 1. The lowest BCUT2D eigenvalue weighted by atomic mass is 9.95. The van der Waals surface area contributed by atoms with Crippen LogP contribution in [0.3, 0.4) is 0 Å². The smallest absolute Gasteiger partial charge is 0.322 e. The van der Waals surface area contributed by atoms with Crippen LogP contribution in [-0.2, 0) is 4.79 Å². The fraction of sp³-hybridized carbons (Fsp3) is 0.579. The molecule has 1 aliphatic carbocycles. The molecule has 136 valence electrons. The Morgan fingerprint density at radius 2 is 1.84 bits per heavy atom. The average molecular weight is 345 g/mol. The molecule has 1 saturated carbocycles. The Balaban J connectivity index is 1.62. The van der Waals surface area contributed by atoms with Crippen LogP contribution in [0, 0.1) is 0 Å². The Hall–Kier alpha value is -2.24. The van der Waals surface area contributed by atoms with Crippen LogP contribution < -0.4 is 15.4 Å². The van der Waals surface area contributed by atoms with Gasteiger partial charge in [0.2, 0.25) is 5.91 Å². The van der Waals surface area contributed by atoms with Gasteiger partial charge in [-0.3, -0.25) is 4.79 Å². The maximum Gasteiger partial charge on any atom is 0.322 e. The second-order valence-electron chi connectivity index (χ2n) is 6.83. The van der Waals surface area contributed by atoms with Gasteiger partial charge in [0.05, 0.1) is 12.8 Å². The summed E-state index contributed by atoms with van der Waals surface area (Å²) in [4.78, 5) is 27.0. The van der Waals surface area contributed by atoms with Gasteiger partial charge >= 0.3 is 6.03 Å². The molecule has 1 atom stereocenters. The molecule has 3 rings (SSSR count). The third-order valence-corrected chi connectivity index (χ3v) is 5.12. The molecule has 3 amide bonds. The van der Waals surface area contributed by atoms with E-state index in [2.05, 4.69) is 10.6 Å². The monoisotopic (exact) mass is 345 g/mol. The number of anilines is 1. The molecule has 2 N–H and O–H groups in total. The Bertz CT molecular complexity index is 614. The van der Waals surface area contributed by atoms with Crippen molar-refractivity contribution in [2.75, 3.05) is 19.0 Å². The number of likely N-dealkylation sites (tertiary alicyclic amines) is 1. The van der Waals surface area contributed by atoms with Crippen LogP contribution in [0.1, 0.15) is 44.9 Å². The third kappa shape index (κ3) is 4.24. The van der Waals surface area contributed by atoms with Crippen molar-refractivity contribution < 1.29 is 14.3 Å². The number of nitrogens with zero attached hydrogens (tertiary/aromatic N) is 1. The minimum Gasteiger partial charge on any atom is -0.495 e. The molecule has 1 aromatic rings. The van der Waals surface area contributed by atoms with Crippen molar-refractivity contribution >= 4 is 17.6 Å². The lowest BCUT2D eigenvalue weighted by Crippen LogP contribution is -2.50. The summed E-state index contributed by atoms with van der Waals surface area (Å²) in [6.07, 6.45) is 7.27. The highest BCUT2D eigenvalue weighted by Gasteiger charge is 2.35. The summed E-state index contributed by atoms with van der Waals surface area (Å²) in [5.41, 5.74) is 0.619. The van der Waals surface area contributed by atoms with Crippen LogP contribution in [0.4, 0.5) is 10.5 Å². The minimum atomic E-state index is -0.378. The number of hydrogen-bond acceptors (Lipinski definition) is 3. The fourth-order valence-corrected chi connectivity index (χ4v) is 3.76. The number of rotatable bonds is 4. The van der Waals surface area contributed by atoms with Crippen LogP contribution in [0.15, 0.2) is 24.3 Å². The third-order valence-electron chi connectivity index (χ3n) is 5.12. The summed E-state index contributed by atoms with van der Waals surface area (Å²) in [5, 5.41) is 6.02. The van der Waals surface area contributed by atoms with Gasteiger partial charge in [0.15, 0.2) is 0 Å². The normalized spacial score (nSPS) is 21.0. The van der Waals surface area contributed by atoms with E-state index in [-0.39, 0.29) is 24.0 Å². The Kier molecular flexibility index (Phi) is 5.79. The molecule has 6 nitrogen and oxygen atoms in total. The maximum atomic E-state index is 12.7. The molecule has 2 fully saturated rings. The first-order chi connectivity index (χ1) is 12.2. The van der Waals surface area contributed by atoms with Gasteiger partial charge in [-0.1, -0.05) is 31.4 Å². The van der Waals surface area contributed by atoms with Crippen LogP contribution in [0.2, 0.25) is 0 Å². The molecular formula is C19H27N3O3. The van der Waals surface area contributed by atoms with Gasteiger partial charge in [-0.05, 0) is 37.8 Å². The van der Waals surface area contributed by atoms with E-state index in [9.17, 15) is 9.59 Å². The molecule has 0 radical (unpaired) electrons. The van der Waals surface area contributed by atoms with E-state index in [4.69, 9.17) is 4.74 Å². The van der Waals surface area contributed by atoms with Crippen molar-refractivity contribution in [2.24, 2.45) is 0 Å². The molecule has 6 heteroatoms. The summed E-state index contributed by atoms with van der Waals surface area (Å²) in [5.74, 6) is 0.595. The Morgan fingerprint density at radius 3 is 2.60 bits per heavy atom. The highest BCUT2D eigenvalue weighted by molar-refractivity contribution is 5.95. The molecule has 0 spiro atoms. The molecule has 0 unspecified atom stereocenters. The average Bonchev–Trinajstić information content (AvgIpc) is 3.13. The number of nitrogens with one attached hydrogen (secondary N) is 2. The minimum absolute atomic E-state index is 0.0143. The van der Waals surface area contributed by atoms with Crippen molar-refractivity contribution in [1.82, 2.24) is 10.2 Å². The summed E-state index contributed by atoms with van der Waals surface area (Å²) < 4.78 is 5.27. The van der Waals surface area contributed by atoms with Gasteiger partial charge in [-0.25, -0.2) is 4.79 Å². The zero-order chi connectivity index (χ0) is 17.6. The number of benzene rings is 1. The van der Waals surface area contributed by atoms with Gasteiger partial charge in [-0.2, -0.15) is 0 Å². The molecule has 1 heterocycles. The van der Waals surface area contributed by atoms with E-state index >= 15 is 0 Å². The van der Waals surface area contributed by atoms with E-state index in [0.29, 0.717) is 18.0 Å². The zero-order valence-electron chi connectivity index (χ0n) is 14.8. The quantitative estimate of drug-likeness (QED) is 0.881. The maximum absolute atomic E-state index is 12.7. The summed E-state index contributed by atoms with van der Waals surface area (Å²) in [6, 6.07) is 6.93. The van der Waals surface area contributed by atoms with E-state index in [1.54, 1.807) is 24.1 Å². The predicted octanol–water partition coefficient (Wildman–Crippen LogP) is 3.14. The van der Waals surface area contributed by atoms with Crippen LogP contribution in [0.25, 0.3) is 0 Å². The molecule has 0 bridgehead atoms. The van der Waals surface area contributed by atoms with E-state index < -0.39 is 0 Å². The van der Waals surface area contributed by atoms with E-state index in [1.165, 1.54) is 19.3 Å². The van der Waals surface area contributed by atoms with Gasteiger partial charge < -0.3 is 20.3 Å². The number of hydrogen-bond donors (Lipinski definition) is 2. The first-order valence-electron chi connectivity index (χ1n) is 9.20. The molecule has 25 heavy (non-hydrogen) atoms. The lowest BCUT2D eigenvalue weighted by Gasteiger charge is -2.28. The lowest BCUT2D eigenvalue weighted by molar-refractivity contribution is -0.125. The summed E-state index contributed by atoms with van der Waals surface area (Å²) in [7, 11) is 1.57. The second-order valence-corrected chi connectivity index (χ2v) is 6.83. The molecule has 1 aliphatic heterocycles. The van der Waals surface area contributed by atoms with Gasteiger partial charge in [-0.15, -0.1) is 0 Å². The SMILES string of the molecule is COc1ccccc1NC(=O)N1CCC[C@H]1C(=O)NC1CCCCC1. The number of urea groups is 1. The van der Waals surface area contributed by atoms with Gasteiger partial charge in [0.1, 0.15) is 11.8 Å². The summed E-state index contributed by atoms with van der Waals surface area (Å²) in [6.45, 7) is 0.601. The van der Waals surface area contributed by atoms with E-state index in [1.807, 2.05) is 12.1 Å². The topological polar surface area (TPSA) is 70.7 Å². The van der Waals surface area contributed by atoms with Gasteiger partial charge in [0, 0.05) is 12.6 Å². The number of amides is 3. The molecule has 1 saturated heterocycles. The number of carbonyl (C=O) groups excluding carboxylic acids is 2. The Morgan fingerprint density at radius 1 is 1.08 bits per heavy atom. The second kappa shape index (κ2) is 8.23. The number of carbonyl (C=O) groups is 2. The van der Waals surface area contributed by atoms with Gasteiger partial charge in [0.25, 0.3) is 0 Å². The largest absolute Gasteiger partial charge is 0.495 e. The highest BCUT2D eigenvalue weighted by Crippen LogP contribution is 2.26.